The van der Waals surface area contributed by atoms with E-state index in [4.69, 9.17) is 11.6 Å². The van der Waals surface area contributed by atoms with Crippen LogP contribution in [-0.2, 0) is 14.8 Å². The fourth-order valence-electron chi connectivity index (χ4n) is 1.04. The number of sulfonamides is 1. The third-order valence-electron chi connectivity index (χ3n) is 1.83. The number of hydrazine groups is 1. The van der Waals surface area contributed by atoms with Crippen LogP contribution in [-0.4, -0.2) is 32.6 Å². The van der Waals surface area contributed by atoms with Crippen LogP contribution in [0.5, 0.6) is 0 Å². The zero-order chi connectivity index (χ0) is 13.6. The van der Waals surface area contributed by atoms with E-state index in [0.29, 0.717) is 5.82 Å². The standard InChI is InChI=1S/C8H13N5O4S/c9-8(14)17-4-3-12-18(15,16)6-1-2-7(13-10)11-5-6/h1-2,5,12H,3-4,10H2,(H2,9,14)(H,11,13). The Hall–Kier alpha value is -1.91. The topological polar surface area (TPSA) is 149 Å². The maximum Gasteiger partial charge on any atom is 0.404 e. The van der Waals surface area contributed by atoms with Crippen molar-refractivity contribution in [3.05, 3.63) is 18.3 Å². The van der Waals surface area contributed by atoms with Gasteiger partial charge in [-0.1, -0.05) is 0 Å². The van der Waals surface area contributed by atoms with Crippen molar-refractivity contribution in [2.24, 2.45) is 11.6 Å². The molecule has 0 fully saturated rings. The lowest BCUT2D eigenvalue weighted by molar-refractivity contribution is 0.159. The fourth-order valence-corrected chi connectivity index (χ4v) is 1.99. The van der Waals surface area contributed by atoms with Crippen LogP contribution >= 0.6 is 0 Å². The number of nitrogens with two attached hydrogens (primary N) is 2. The van der Waals surface area contributed by atoms with Crippen LogP contribution in [0.3, 0.4) is 0 Å². The zero-order valence-electron chi connectivity index (χ0n) is 9.29. The summed E-state index contributed by atoms with van der Waals surface area (Å²) in [5.41, 5.74) is 6.99. The maximum absolute atomic E-state index is 11.7. The van der Waals surface area contributed by atoms with E-state index in [2.05, 4.69) is 19.9 Å². The minimum Gasteiger partial charge on any atom is -0.448 e. The lowest BCUT2D eigenvalue weighted by atomic mass is 10.5. The summed E-state index contributed by atoms with van der Waals surface area (Å²) in [7, 11) is -3.70. The number of carbonyl (C=O) groups is 1. The summed E-state index contributed by atoms with van der Waals surface area (Å²) in [6.45, 7) is -0.230. The number of hydrogen-bond acceptors (Lipinski definition) is 7. The van der Waals surface area contributed by atoms with Gasteiger partial charge in [0, 0.05) is 12.7 Å². The number of hydrogen-bond donors (Lipinski definition) is 4. The van der Waals surface area contributed by atoms with Gasteiger partial charge in [0.2, 0.25) is 10.0 Å². The van der Waals surface area contributed by atoms with E-state index < -0.39 is 16.1 Å². The number of ether oxygens (including phenoxy) is 1. The first-order valence-electron chi connectivity index (χ1n) is 4.80. The summed E-state index contributed by atoms with van der Waals surface area (Å²) in [4.78, 5) is 14.0. The number of nitrogens with zero attached hydrogens (tertiary/aromatic N) is 1. The molecule has 1 rings (SSSR count). The predicted octanol–water partition coefficient (Wildman–Crippen LogP) is -1.26. The number of anilines is 1. The summed E-state index contributed by atoms with van der Waals surface area (Å²) in [5.74, 6) is 5.44. The second-order valence-electron chi connectivity index (χ2n) is 3.09. The highest BCUT2D eigenvalue weighted by Gasteiger charge is 2.13. The Kier molecular flexibility index (Phi) is 4.83. The van der Waals surface area contributed by atoms with Gasteiger partial charge in [0.05, 0.1) is 0 Å². The number of rotatable bonds is 6. The molecule has 0 unspecified atom stereocenters. The first-order valence-corrected chi connectivity index (χ1v) is 6.28. The van der Waals surface area contributed by atoms with Crippen LogP contribution in [0.15, 0.2) is 23.2 Å². The lowest BCUT2D eigenvalue weighted by Gasteiger charge is -2.07. The first-order chi connectivity index (χ1) is 8.45. The number of nitrogens with one attached hydrogen (secondary N) is 2. The molecule has 6 N–H and O–H groups in total. The Morgan fingerprint density at radius 3 is 2.67 bits per heavy atom. The highest BCUT2D eigenvalue weighted by molar-refractivity contribution is 7.89. The van der Waals surface area contributed by atoms with E-state index in [1.165, 1.54) is 12.1 Å². The van der Waals surface area contributed by atoms with Gasteiger partial charge in [-0.15, -0.1) is 0 Å². The van der Waals surface area contributed by atoms with Crippen LogP contribution in [0.25, 0.3) is 0 Å². The molecule has 10 heteroatoms. The zero-order valence-corrected chi connectivity index (χ0v) is 10.1. The molecule has 1 amide bonds. The molecule has 0 aliphatic heterocycles. The Balaban J connectivity index is 2.59. The van der Waals surface area contributed by atoms with Crippen molar-refractivity contribution in [1.82, 2.24) is 9.71 Å². The van der Waals surface area contributed by atoms with E-state index in [1.54, 1.807) is 0 Å². The highest BCUT2D eigenvalue weighted by atomic mass is 32.2. The van der Waals surface area contributed by atoms with E-state index in [0.717, 1.165) is 6.20 Å². The van der Waals surface area contributed by atoms with E-state index >= 15 is 0 Å². The maximum atomic E-state index is 11.7. The lowest BCUT2D eigenvalue weighted by Crippen LogP contribution is -2.29. The van der Waals surface area contributed by atoms with Crippen LogP contribution in [0.1, 0.15) is 0 Å². The van der Waals surface area contributed by atoms with Gasteiger partial charge in [-0.2, -0.15) is 0 Å². The van der Waals surface area contributed by atoms with Crippen molar-refractivity contribution < 1.29 is 17.9 Å². The Morgan fingerprint density at radius 1 is 1.44 bits per heavy atom. The third kappa shape index (κ3) is 4.16. The fraction of sp³-hybridized carbons (Fsp3) is 0.250. The summed E-state index contributed by atoms with van der Waals surface area (Å²) in [6.07, 6.45) is 0.182. The van der Waals surface area contributed by atoms with E-state index in [1.807, 2.05) is 0 Å². The van der Waals surface area contributed by atoms with Gasteiger partial charge in [-0.25, -0.2) is 28.8 Å². The van der Waals surface area contributed by atoms with E-state index in [-0.39, 0.29) is 18.0 Å². The minimum absolute atomic E-state index is 0.0272. The van der Waals surface area contributed by atoms with Crippen molar-refractivity contribution >= 4 is 21.9 Å². The molecule has 0 spiro atoms. The molecule has 0 aliphatic rings. The first kappa shape index (κ1) is 14.2. The molecule has 0 atom stereocenters. The van der Waals surface area contributed by atoms with Gasteiger partial charge in [0.15, 0.2) is 0 Å². The number of primary amides is 1. The highest BCUT2D eigenvalue weighted by Crippen LogP contribution is 2.09. The number of aromatic nitrogens is 1. The van der Waals surface area contributed by atoms with Gasteiger partial charge >= 0.3 is 6.09 Å². The number of carbonyl (C=O) groups excluding carboxylic acids is 1. The molecule has 0 radical (unpaired) electrons. The Labute approximate surface area is 104 Å². The molecular weight excluding hydrogens is 262 g/mol. The SMILES string of the molecule is NNc1ccc(S(=O)(=O)NCCOC(N)=O)cn1. The quantitative estimate of drug-likeness (QED) is 0.287. The van der Waals surface area contributed by atoms with Crippen molar-refractivity contribution in [1.29, 1.82) is 0 Å². The molecule has 18 heavy (non-hydrogen) atoms. The van der Waals surface area contributed by atoms with Gasteiger partial charge in [-0.05, 0) is 12.1 Å². The molecule has 0 saturated carbocycles. The summed E-state index contributed by atoms with van der Waals surface area (Å²) >= 11 is 0. The average molecular weight is 275 g/mol. The molecule has 0 bridgehead atoms. The molecule has 0 saturated heterocycles. The van der Waals surface area contributed by atoms with Crippen LogP contribution in [0, 0.1) is 0 Å². The summed E-state index contributed by atoms with van der Waals surface area (Å²) < 4.78 is 30.0. The second kappa shape index (κ2) is 6.14. The molecule has 9 nitrogen and oxygen atoms in total. The van der Waals surface area contributed by atoms with Crippen LogP contribution in [0.2, 0.25) is 0 Å². The monoisotopic (exact) mass is 275 g/mol. The summed E-state index contributed by atoms with van der Waals surface area (Å²) in [5, 5.41) is 0. The minimum atomic E-state index is -3.70. The predicted molar refractivity (Wildman–Crippen MR) is 62.8 cm³/mol. The van der Waals surface area contributed by atoms with Gasteiger partial charge in [0.25, 0.3) is 0 Å². The molecule has 0 aromatic carbocycles. The Morgan fingerprint density at radius 2 is 2.17 bits per heavy atom. The van der Waals surface area contributed by atoms with Gasteiger partial charge < -0.3 is 15.9 Å². The van der Waals surface area contributed by atoms with Crippen LogP contribution in [0.4, 0.5) is 10.6 Å². The van der Waals surface area contributed by atoms with Crippen molar-refractivity contribution in [2.45, 2.75) is 4.90 Å². The van der Waals surface area contributed by atoms with Crippen molar-refractivity contribution in [3.8, 4) is 0 Å². The van der Waals surface area contributed by atoms with Gasteiger partial charge in [-0.3, -0.25) is 0 Å². The average Bonchev–Trinajstić information content (AvgIpc) is 2.34. The second-order valence-corrected chi connectivity index (χ2v) is 4.86. The largest absolute Gasteiger partial charge is 0.448 e. The third-order valence-corrected chi connectivity index (χ3v) is 3.28. The van der Waals surface area contributed by atoms with Crippen LogP contribution < -0.4 is 21.7 Å². The molecule has 1 aromatic heterocycles. The summed E-state index contributed by atoms with van der Waals surface area (Å²) in [6, 6.07) is 2.74. The Bertz CT molecular complexity index is 501. The van der Waals surface area contributed by atoms with Crippen molar-refractivity contribution in [3.63, 3.8) is 0 Å². The molecule has 1 aromatic rings. The van der Waals surface area contributed by atoms with Crippen molar-refractivity contribution in [2.75, 3.05) is 18.6 Å². The molecular formula is C8H13N5O4S. The molecule has 1 heterocycles. The number of pyridine rings is 1. The number of nitrogen functional groups attached to an aromatic ring is 1. The van der Waals surface area contributed by atoms with E-state index in [9.17, 15) is 13.2 Å². The smallest absolute Gasteiger partial charge is 0.404 e. The normalized spacial score (nSPS) is 10.9. The molecule has 100 valence electrons. The van der Waals surface area contributed by atoms with Gasteiger partial charge in [0.1, 0.15) is 17.3 Å². The number of amides is 1. The molecule has 0 aliphatic carbocycles.